The summed E-state index contributed by atoms with van der Waals surface area (Å²) in [5, 5.41) is 17.5. The van der Waals surface area contributed by atoms with Gasteiger partial charge in [-0.25, -0.2) is 4.79 Å². The molecule has 1 aromatic carbocycles. The maximum absolute atomic E-state index is 10.4. The second kappa shape index (κ2) is 4.62. The van der Waals surface area contributed by atoms with Crippen LogP contribution in [0.5, 0.6) is 5.75 Å². The lowest BCUT2D eigenvalue weighted by atomic mass is 10.2. The minimum Gasteiger partial charge on any atom is -0.508 e. The van der Waals surface area contributed by atoms with Gasteiger partial charge in [-0.05, 0) is 24.6 Å². The van der Waals surface area contributed by atoms with Crippen LogP contribution in [0.15, 0.2) is 24.3 Å². The summed E-state index contributed by atoms with van der Waals surface area (Å²) in [4.78, 5) is 10.4. The van der Waals surface area contributed by atoms with Gasteiger partial charge in [0.2, 0.25) is 0 Å². The van der Waals surface area contributed by atoms with Crippen molar-refractivity contribution in [2.24, 2.45) is 0 Å². The Hall–Kier alpha value is -1.55. The first-order valence-electron chi connectivity index (χ1n) is 4.22. The molecule has 1 aromatic rings. The Labute approximate surface area is 81.8 Å². The third-order valence-electron chi connectivity index (χ3n) is 1.78. The molecule has 1 unspecified atom stereocenters. The van der Waals surface area contributed by atoms with Gasteiger partial charge >= 0.3 is 5.97 Å². The molecule has 0 saturated carbocycles. The number of carboxylic acids is 1. The van der Waals surface area contributed by atoms with Crippen LogP contribution in [0.2, 0.25) is 0 Å². The summed E-state index contributed by atoms with van der Waals surface area (Å²) < 4.78 is 5.05. The molecule has 0 saturated heterocycles. The molecule has 76 valence electrons. The SMILES string of the molecule is CC(OCc1ccc(O)cc1)C(=O)O. The molecule has 0 fully saturated rings. The molecule has 4 heteroatoms. The van der Waals surface area contributed by atoms with Crippen LogP contribution in [0.3, 0.4) is 0 Å². The standard InChI is InChI=1S/C10H12O4/c1-7(10(12)13)14-6-8-2-4-9(11)5-3-8/h2-5,7,11H,6H2,1H3,(H,12,13). The van der Waals surface area contributed by atoms with Gasteiger partial charge in [0.25, 0.3) is 0 Å². The minimum absolute atomic E-state index is 0.181. The van der Waals surface area contributed by atoms with Gasteiger partial charge in [-0.15, -0.1) is 0 Å². The second-order valence-electron chi connectivity index (χ2n) is 2.96. The molecule has 14 heavy (non-hydrogen) atoms. The Morgan fingerprint density at radius 2 is 2.00 bits per heavy atom. The van der Waals surface area contributed by atoms with Gasteiger partial charge in [-0.1, -0.05) is 12.1 Å². The van der Waals surface area contributed by atoms with Gasteiger partial charge in [-0.2, -0.15) is 0 Å². The highest BCUT2D eigenvalue weighted by Crippen LogP contribution is 2.11. The Kier molecular flexibility index (Phi) is 3.48. The summed E-state index contributed by atoms with van der Waals surface area (Å²) in [5.41, 5.74) is 0.830. The van der Waals surface area contributed by atoms with E-state index in [1.165, 1.54) is 19.1 Å². The first-order chi connectivity index (χ1) is 6.59. The van der Waals surface area contributed by atoms with Crippen LogP contribution in [-0.4, -0.2) is 22.3 Å². The number of ether oxygens (including phenoxy) is 1. The zero-order valence-electron chi connectivity index (χ0n) is 7.80. The maximum Gasteiger partial charge on any atom is 0.332 e. The molecule has 0 aliphatic rings. The van der Waals surface area contributed by atoms with Gasteiger partial charge in [0.05, 0.1) is 6.61 Å². The topological polar surface area (TPSA) is 66.8 Å². The Balaban J connectivity index is 2.46. The number of benzene rings is 1. The molecule has 0 amide bonds. The van der Waals surface area contributed by atoms with Crippen molar-refractivity contribution in [3.8, 4) is 5.75 Å². The van der Waals surface area contributed by atoms with Crippen molar-refractivity contribution in [3.05, 3.63) is 29.8 Å². The Bertz CT molecular complexity index is 304. The molecule has 1 rings (SSSR count). The summed E-state index contributed by atoms with van der Waals surface area (Å²) in [6.07, 6.45) is -0.816. The lowest BCUT2D eigenvalue weighted by molar-refractivity contribution is -0.149. The number of hydrogen-bond acceptors (Lipinski definition) is 3. The van der Waals surface area contributed by atoms with Crippen molar-refractivity contribution in [1.29, 1.82) is 0 Å². The van der Waals surface area contributed by atoms with E-state index in [0.717, 1.165) is 5.56 Å². The predicted molar refractivity (Wildman–Crippen MR) is 50.0 cm³/mol. The molecule has 0 spiro atoms. The first-order valence-corrected chi connectivity index (χ1v) is 4.22. The van der Waals surface area contributed by atoms with Crippen molar-refractivity contribution in [3.63, 3.8) is 0 Å². The maximum atomic E-state index is 10.4. The third kappa shape index (κ3) is 3.06. The summed E-state index contributed by atoms with van der Waals surface area (Å²) in [6, 6.07) is 6.43. The van der Waals surface area contributed by atoms with Crippen LogP contribution in [-0.2, 0) is 16.1 Å². The molecule has 0 aliphatic carbocycles. The van der Waals surface area contributed by atoms with Crippen molar-refractivity contribution in [2.75, 3.05) is 0 Å². The van der Waals surface area contributed by atoms with Gasteiger partial charge < -0.3 is 14.9 Å². The smallest absolute Gasteiger partial charge is 0.332 e. The van der Waals surface area contributed by atoms with Crippen LogP contribution < -0.4 is 0 Å². The number of hydrogen-bond donors (Lipinski definition) is 2. The number of rotatable bonds is 4. The summed E-state index contributed by atoms with van der Waals surface area (Å²) in [6.45, 7) is 1.70. The van der Waals surface area contributed by atoms with Crippen LogP contribution in [0.1, 0.15) is 12.5 Å². The average Bonchev–Trinajstić information content (AvgIpc) is 2.16. The van der Waals surface area contributed by atoms with Crippen LogP contribution in [0, 0.1) is 0 Å². The monoisotopic (exact) mass is 196 g/mol. The van der Waals surface area contributed by atoms with Crippen molar-refractivity contribution < 1.29 is 19.7 Å². The quantitative estimate of drug-likeness (QED) is 0.763. The van der Waals surface area contributed by atoms with Gasteiger partial charge in [0.1, 0.15) is 5.75 Å². The van der Waals surface area contributed by atoms with Crippen molar-refractivity contribution >= 4 is 5.97 Å². The lowest BCUT2D eigenvalue weighted by Gasteiger charge is -2.07. The fourth-order valence-electron chi connectivity index (χ4n) is 0.885. The van der Waals surface area contributed by atoms with E-state index in [9.17, 15) is 4.79 Å². The molecule has 0 aromatic heterocycles. The summed E-state index contributed by atoms with van der Waals surface area (Å²) >= 11 is 0. The molecular formula is C10H12O4. The summed E-state index contributed by atoms with van der Waals surface area (Å²) in [7, 11) is 0. The highest BCUT2D eigenvalue weighted by Gasteiger charge is 2.10. The van der Waals surface area contributed by atoms with Gasteiger partial charge in [-0.3, -0.25) is 0 Å². The Morgan fingerprint density at radius 3 is 2.50 bits per heavy atom. The van der Waals surface area contributed by atoms with Crippen molar-refractivity contribution in [1.82, 2.24) is 0 Å². The zero-order chi connectivity index (χ0) is 10.6. The molecular weight excluding hydrogens is 184 g/mol. The van der Waals surface area contributed by atoms with E-state index < -0.39 is 12.1 Å². The fourth-order valence-corrected chi connectivity index (χ4v) is 0.885. The van der Waals surface area contributed by atoms with Gasteiger partial charge in [0.15, 0.2) is 6.10 Å². The number of carboxylic acid groups (broad SMARTS) is 1. The number of aliphatic carboxylic acids is 1. The Morgan fingerprint density at radius 1 is 1.43 bits per heavy atom. The molecule has 1 atom stereocenters. The normalized spacial score (nSPS) is 12.4. The third-order valence-corrected chi connectivity index (χ3v) is 1.78. The van der Waals surface area contributed by atoms with Crippen molar-refractivity contribution in [2.45, 2.75) is 19.6 Å². The minimum atomic E-state index is -0.983. The second-order valence-corrected chi connectivity index (χ2v) is 2.96. The molecule has 0 radical (unpaired) electrons. The molecule has 4 nitrogen and oxygen atoms in total. The van der Waals surface area contributed by atoms with Crippen LogP contribution in [0.4, 0.5) is 0 Å². The van der Waals surface area contributed by atoms with E-state index in [2.05, 4.69) is 0 Å². The zero-order valence-corrected chi connectivity index (χ0v) is 7.80. The highest BCUT2D eigenvalue weighted by atomic mass is 16.5. The first kappa shape index (κ1) is 10.5. The van der Waals surface area contributed by atoms with E-state index in [-0.39, 0.29) is 12.4 Å². The van der Waals surface area contributed by atoms with E-state index in [1.54, 1.807) is 12.1 Å². The molecule has 2 N–H and O–H groups in total. The molecule has 0 bridgehead atoms. The largest absolute Gasteiger partial charge is 0.508 e. The van der Waals surface area contributed by atoms with Gasteiger partial charge in [0, 0.05) is 0 Å². The highest BCUT2D eigenvalue weighted by molar-refractivity contribution is 5.71. The van der Waals surface area contributed by atoms with Crippen LogP contribution in [0.25, 0.3) is 0 Å². The number of phenols is 1. The number of carbonyl (C=O) groups is 1. The number of phenolic OH excluding ortho intramolecular Hbond substituents is 1. The fraction of sp³-hybridized carbons (Fsp3) is 0.300. The van der Waals surface area contributed by atoms with E-state index in [4.69, 9.17) is 14.9 Å². The average molecular weight is 196 g/mol. The van der Waals surface area contributed by atoms with E-state index in [0.29, 0.717) is 0 Å². The lowest BCUT2D eigenvalue weighted by Crippen LogP contribution is -2.19. The van der Waals surface area contributed by atoms with E-state index in [1.807, 2.05) is 0 Å². The molecule has 0 heterocycles. The summed E-state index contributed by atoms with van der Waals surface area (Å²) in [5.74, 6) is -0.802. The molecule has 0 aliphatic heterocycles. The predicted octanol–water partition coefficient (Wildman–Crippen LogP) is 1.38. The van der Waals surface area contributed by atoms with E-state index >= 15 is 0 Å². The van der Waals surface area contributed by atoms with Crippen LogP contribution >= 0.6 is 0 Å². The number of aromatic hydroxyl groups is 1.